The van der Waals surface area contributed by atoms with Crippen LogP contribution in [0.15, 0.2) is 23.1 Å². The van der Waals surface area contributed by atoms with Crippen LogP contribution in [0, 0.1) is 6.92 Å². The normalized spacial score (nSPS) is 10.1. The Bertz CT molecular complexity index is 323. The van der Waals surface area contributed by atoms with Crippen molar-refractivity contribution in [3.63, 3.8) is 0 Å². The average Bonchev–Trinajstić information content (AvgIpc) is 2.17. The predicted molar refractivity (Wildman–Crippen MR) is 61.1 cm³/mol. The monoisotopic (exact) mass is 258 g/mol. The molecule has 0 radical (unpaired) electrons. The molecule has 1 rings (SSSR count). The Hall–Kier alpha value is -0.280. The standard InChI is InChI=1S/C10H11BrOS/c1-7-3-4-8(9(12)6-11)5-10(7)13-2/h3-5H,6H2,1-2H3. The van der Waals surface area contributed by atoms with Gasteiger partial charge in [-0.2, -0.15) is 0 Å². The molecule has 0 amide bonds. The van der Waals surface area contributed by atoms with E-state index in [9.17, 15) is 4.79 Å². The van der Waals surface area contributed by atoms with E-state index in [1.807, 2.05) is 31.4 Å². The molecule has 0 bridgehead atoms. The lowest BCUT2D eigenvalue weighted by Crippen LogP contribution is -2.00. The molecule has 0 saturated carbocycles. The molecule has 0 spiro atoms. The number of alkyl halides is 1. The fraction of sp³-hybridized carbons (Fsp3) is 0.300. The number of carbonyl (C=O) groups is 1. The molecule has 0 unspecified atom stereocenters. The summed E-state index contributed by atoms with van der Waals surface area (Å²) in [6.07, 6.45) is 2.02. The molecule has 70 valence electrons. The van der Waals surface area contributed by atoms with Gasteiger partial charge in [0.1, 0.15) is 0 Å². The summed E-state index contributed by atoms with van der Waals surface area (Å²) in [5.74, 6) is 0.135. The van der Waals surface area contributed by atoms with E-state index in [2.05, 4.69) is 15.9 Å². The van der Waals surface area contributed by atoms with Crippen molar-refractivity contribution in [2.24, 2.45) is 0 Å². The largest absolute Gasteiger partial charge is 0.293 e. The van der Waals surface area contributed by atoms with Crippen LogP contribution in [-0.4, -0.2) is 17.4 Å². The summed E-state index contributed by atoms with van der Waals surface area (Å²) < 4.78 is 0. The van der Waals surface area contributed by atoms with Gasteiger partial charge in [-0.3, -0.25) is 4.79 Å². The highest BCUT2D eigenvalue weighted by Gasteiger charge is 2.05. The number of ketones is 1. The van der Waals surface area contributed by atoms with Crippen molar-refractivity contribution in [3.05, 3.63) is 29.3 Å². The van der Waals surface area contributed by atoms with Gasteiger partial charge in [-0.05, 0) is 24.8 Å². The van der Waals surface area contributed by atoms with Crippen LogP contribution in [0.25, 0.3) is 0 Å². The van der Waals surface area contributed by atoms with E-state index in [0.717, 1.165) is 5.56 Å². The molecule has 0 saturated heterocycles. The van der Waals surface area contributed by atoms with E-state index in [4.69, 9.17) is 0 Å². The van der Waals surface area contributed by atoms with Gasteiger partial charge < -0.3 is 0 Å². The van der Waals surface area contributed by atoms with Gasteiger partial charge >= 0.3 is 0 Å². The summed E-state index contributed by atoms with van der Waals surface area (Å²) in [6, 6.07) is 5.81. The summed E-state index contributed by atoms with van der Waals surface area (Å²) in [4.78, 5) is 12.5. The van der Waals surface area contributed by atoms with Gasteiger partial charge in [0.05, 0.1) is 5.33 Å². The topological polar surface area (TPSA) is 17.1 Å². The molecular formula is C10H11BrOS. The molecule has 0 aliphatic heterocycles. The smallest absolute Gasteiger partial charge is 0.173 e. The molecule has 3 heteroatoms. The maximum atomic E-state index is 11.3. The van der Waals surface area contributed by atoms with E-state index in [0.29, 0.717) is 5.33 Å². The molecule has 0 aliphatic rings. The fourth-order valence-corrected chi connectivity index (χ4v) is 2.03. The number of hydrogen-bond acceptors (Lipinski definition) is 2. The third kappa shape index (κ3) is 2.58. The van der Waals surface area contributed by atoms with Crippen LogP contribution in [-0.2, 0) is 0 Å². The quantitative estimate of drug-likeness (QED) is 0.470. The first-order chi connectivity index (χ1) is 6.19. The predicted octanol–water partition coefficient (Wildman–Crippen LogP) is 3.29. The molecule has 0 heterocycles. The first kappa shape index (κ1) is 10.8. The molecule has 0 N–H and O–H groups in total. The molecule has 1 aromatic carbocycles. The second-order valence-electron chi connectivity index (χ2n) is 2.74. The highest BCUT2D eigenvalue weighted by Crippen LogP contribution is 2.21. The number of thioether (sulfide) groups is 1. The fourth-order valence-electron chi connectivity index (χ4n) is 1.07. The van der Waals surface area contributed by atoms with E-state index in [1.165, 1.54) is 10.5 Å². The van der Waals surface area contributed by atoms with E-state index < -0.39 is 0 Å². The third-order valence-electron chi connectivity index (χ3n) is 1.85. The summed E-state index contributed by atoms with van der Waals surface area (Å²) in [6.45, 7) is 2.05. The van der Waals surface area contributed by atoms with Gasteiger partial charge in [0.25, 0.3) is 0 Å². The minimum atomic E-state index is 0.135. The Morgan fingerprint density at radius 3 is 2.77 bits per heavy atom. The molecule has 0 atom stereocenters. The SMILES string of the molecule is CSc1cc(C(=O)CBr)ccc1C. The van der Waals surface area contributed by atoms with Crippen LogP contribution in [0.1, 0.15) is 15.9 Å². The first-order valence-electron chi connectivity index (χ1n) is 3.93. The lowest BCUT2D eigenvalue weighted by molar-refractivity contribution is 0.102. The number of benzene rings is 1. The van der Waals surface area contributed by atoms with Crippen LogP contribution in [0.5, 0.6) is 0 Å². The zero-order valence-corrected chi connectivity index (χ0v) is 10.0. The second kappa shape index (κ2) is 4.82. The van der Waals surface area contributed by atoms with Crippen LogP contribution in [0.4, 0.5) is 0 Å². The van der Waals surface area contributed by atoms with Crippen LogP contribution in [0.2, 0.25) is 0 Å². The van der Waals surface area contributed by atoms with Crippen molar-refractivity contribution in [2.45, 2.75) is 11.8 Å². The highest BCUT2D eigenvalue weighted by molar-refractivity contribution is 9.09. The van der Waals surface area contributed by atoms with E-state index in [1.54, 1.807) is 11.8 Å². The minimum absolute atomic E-state index is 0.135. The number of carbonyl (C=O) groups excluding carboxylic acids is 1. The van der Waals surface area contributed by atoms with Crippen molar-refractivity contribution in [2.75, 3.05) is 11.6 Å². The van der Waals surface area contributed by atoms with Gasteiger partial charge in [0.2, 0.25) is 0 Å². The number of rotatable bonds is 3. The van der Waals surface area contributed by atoms with Crippen molar-refractivity contribution >= 4 is 33.5 Å². The van der Waals surface area contributed by atoms with Crippen molar-refractivity contribution < 1.29 is 4.79 Å². The Kier molecular flexibility index (Phi) is 4.00. The summed E-state index contributed by atoms with van der Waals surface area (Å²) in [5, 5.41) is 0.393. The van der Waals surface area contributed by atoms with Gasteiger partial charge in [-0.25, -0.2) is 0 Å². The van der Waals surface area contributed by atoms with Gasteiger partial charge in [-0.15, -0.1) is 11.8 Å². The van der Waals surface area contributed by atoms with Crippen molar-refractivity contribution in [3.8, 4) is 0 Å². The molecule has 0 aliphatic carbocycles. The van der Waals surface area contributed by atoms with Gasteiger partial charge in [-0.1, -0.05) is 28.1 Å². The summed E-state index contributed by atoms with van der Waals surface area (Å²) >= 11 is 4.83. The first-order valence-corrected chi connectivity index (χ1v) is 6.27. The number of Topliss-reactive ketones (excluding diaryl/α,β-unsaturated/α-hetero) is 1. The van der Waals surface area contributed by atoms with Crippen LogP contribution >= 0.6 is 27.7 Å². The molecular weight excluding hydrogens is 248 g/mol. The average molecular weight is 259 g/mol. The van der Waals surface area contributed by atoms with Gasteiger partial charge in [0.15, 0.2) is 5.78 Å². The van der Waals surface area contributed by atoms with E-state index in [-0.39, 0.29) is 5.78 Å². The van der Waals surface area contributed by atoms with Crippen molar-refractivity contribution in [1.29, 1.82) is 0 Å². The Morgan fingerprint density at radius 1 is 1.54 bits per heavy atom. The Balaban J connectivity index is 3.06. The zero-order valence-electron chi connectivity index (χ0n) is 7.63. The summed E-state index contributed by atoms with van der Waals surface area (Å²) in [5.41, 5.74) is 2.01. The maximum absolute atomic E-state index is 11.3. The van der Waals surface area contributed by atoms with Crippen LogP contribution in [0.3, 0.4) is 0 Å². The Labute approximate surface area is 91.0 Å². The van der Waals surface area contributed by atoms with Crippen LogP contribution < -0.4 is 0 Å². The number of aryl methyl sites for hydroxylation is 1. The second-order valence-corrected chi connectivity index (χ2v) is 4.15. The minimum Gasteiger partial charge on any atom is -0.293 e. The molecule has 1 aromatic rings. The Morgan fingerprint density at radius 2 is 2.23 bits per heavy atom. The molecule has 0 aromatic heterocycles. The number of halogens is 1. The highest BCUT2D eigenvalue weighted by atomic mass is 79.9. The van der Waals surface area contributed by atoms with Gasteiger partial charge in [0, 0.05) is 10.5 Å². The maximum Gasteiger partial charge on any atom is 0.173 e. The summed E-state index contributed by atoms with van der Waals surface area (Å²) in [7, 11) is 0. The van der Waals surface area contributed by atoms with E-state index >= 15 is 0 Å². The third-order valence-corrected chi connectivity index (χ3v) is 3.24. The lowest BCUT2D eigenvalue weighted by atomic mass is 10.1. The zero-order chi connectivity index (χ0) is 9.84. The molecule has 13 heavy (non-hydrogen) atoms. The van der Waals surface area contributed by atoms with Crippen molar-refractivity contribution in [1.82, 2.24) is 0 Å². The number of hydrogen-bond donors (Lipinski definition) is 0. The lowest BCUT2D eigenvalue weighted by Gasteiger charge is -2.04. The molecule has 0 fully saturated rings. The molecule has 1 nitrogen and oxygen atoms in total.